The number of hydrogen-bond acceptors (Lipinski definition) is 6. The number of aliphatic imine (C=N–C) groups is 1. The number of nitrogens with two attached hydrogens (primary N) is 1. The molecule has 0 saturated carbocycles. The Morgan fingerprint density at radius 3 is 2.72 bits per heavy atom. The Hall–Kier alpha value is -3.53. The largest absolute Gasteiger partial charge is 0.385 e. The molecule has 122 valence electrons. The third-order valence-corrected chi connectivity index (χ3v) is 4.48. The number of benzene rings is 1. The summed E-state index contributed by atoms with van der Waals surface area (Å²) in [6, 6.07) is 11.6. The molecule has 0 saturated heterocycles. The van der Waals surface area contributed by atoms with Crippen molar-refractivity contribution in [1.82, 2.24) is 4.90 Å². The quantitative estimate of drug-likeness (QED) is 0.843. The van der Waals surface area contributed by atoms with Crippen LogP contribution in [0.15, 0.2) is 70.0 Å². The van der Waals surface area contributed by atoms with Gasteiger partial charge in [0.05, 0.1) is 6.07 Å². The maximum absolute atomic E-state index is 13.2. The highest BCUT2D eigenvalue weighted by Gasteiger charge is 2.46. The molecule has 0 fully saturated rings. The number of amidine groups is 3. The fraction of sp³-hybridized carbons (Fsp3) is 0.167. The Bertz CT molecular complexity index is 919. The van der Waals surface area contributed by atoms with Crippen LogP contribution >= 0.6 is 0 Å². The topological polar surface area (TPSA) is 107 Å². The van der Waals surface area contributed by atoms with Gasteiger partial charge in [-0.2, -0.15) is 5.26 Å². The zero-order valence-electron chi connectivity index (χ0n) is 13.1. The number of amides is 1. The van der Waals surface area contributed by atoms with Gasteiger partial charge in [-0.05, 0) is 17.7 Å². The van der Waals surface area contributed by atoms with Crippen LogP contribution in [0.25, 0.3) is 0 Å². The molecule has 25 heavy (non-hydrogen) atoms. The minimum Gasteiger partial charge on any atom is -0.385 e. The van der Waals surface area contributed by atoms with Crippen LogP contribution in [-0.2, 0) is 4.79 Å². The second kappa shape index (κ2) is 5.83. The van der Waals surface area contributed by atoms with Gasteiger partial charge >= 0.3 is 0 Å². The van der Waals surface area contributed by atoms with Gasteiger partial charge in [0.2, 0.25) is 5.91 Å². The van der Waals surface area contributed by atoms with Crippen LogP contribution in [0.5, 0.6) is 0 Å². The fourth-order valence-corrected chi connectivity index (χ4v) is 3.31. The molecule has 3 unspecified atom stereocenters. The molecule has 1 amide bonds. The third kappa shape index (κ3) is 2.35. The number of carbonyl (C=O) groups is 1. The predicted octanol–water partition coefficient (Wildman–Crippen LogP) is 1.53. The van der Waals surface area contributed by atoms with E-state index in [2.05, 4.69) is 21.3 Å². The molecular weight excluding hydrogens is 316 g/mol. The fourth-order valence-electron chi connectivity index (χ4n) is 3.31. The van der Waals surface area contributed by atoms with Crippen LogP contribution in [0.3, 0.4) is 0 Å². The standard InChI is InChI=1S/C18H14N6O/c19-10-12-14(11-6-2-1-3-7-11)15-17(23-22-16(12)20)21-13-8-4-5-9-24(13)18(15)25/h1-9,12,14-15H,(H2,20,22). The van der Waals surface area contributed by atoms with Crippen molar-refractivity contribution in [3.63, 3.8) is 0 Å². The van der Waals surface area contributed by atoms with E-state index in [0.717, 1.165) is 5.56 Å². The molecule has 3 heterocycles. The molecule has 2 N–H and O–H groups in total. The lowest BCUT2D eigenvalue weighted by atomic mass is 9.75. The van der Waals surface area contributed by atoms with Gasteiger partial charge in [0.1, 0.15) is 23.5 Å². The maximum Gasteiger partial charge on any atom is 0.243 e. The second-order valence-corrected chi connectivity index (χ2v) is 5.88. The first-order valence-corrected chi connectivity index (χ1v) is 7.83. The highest BCUT2D eigenvalue weighted by Crippen LogP contribution is 2.38. The van der Waals surface area contributed by atoms with E-state index < -0.39 is 17.8 Å². The second-order valence-electron chi connectivity index (χ2n) is 5.88. The predicted molar refractivity (Wildman–Crippen MR) is 93.4 cm³/mol. The van der Waals surface area contributed by atoms with Gasteiger partial charge in [-0.25, -0.2) is 4.99 Å². The van der Waals surface area contributed by atoms with Gasteiger partial charge in [-0.1, -0.05) is 36.4 Å². The Balaban J connectivity index is 1.91. The van der Waals surface area contributed by atoms with E-state index in [1.165, 1.54) is 4.90 Å². The first-order chi connectivity index (χ1) is 12.2. The van der Waals surface area contributed by atoms with E-state index in [1.54, 1.807) is 24.4 Å². The lowest BCUT2D eigenvalue weighted by Gasteiger charge is -2.34. The molecule has 0 aliphatic carbocycles. The SMILES string of the molecule is N#CC1C(N)=NN=C2N=C3C=CC=CN3C(=O)C2C1c1ccccc1. The van der Waals surface area contributed by atoms with E-state index in [4.69, 9.17) is 5.73 Å². The molecule has 7 nitrogen and oxygen atoms in total. The highest BCUT2D eigenvalue weighted by molar-refractivity contribution is 6.22. The number of carbonyl (C=O) groups excluding carboxylic acids is 1. The summed E-state index contributed by atoms with van der Waals surface area (Å²) < 4.78 is 0. The Labute approximate surface area is 144 Å². The molecule has 3 aliphatic rings. The van der Waals surface area contributed by atoms with Gasteiger partial charge in [0, 0.05) is 12.1 Å². The van der Waals surface area contributed by atoms with E-state index in [-0.39, 0.29) is 17.6 Å². The number of fused-ring (bicyclic) bond motifs is 2. The molecule has 0 bridgehead atoms. The van der Waals surface area contributed by atoms with E-state index in [1.807, 2.05) is 30.3 Å². The van der Waals surface area contributed by atoms with Crippen LogP contribution in [0.2, 0.25) is 0 Å². The summed E-state index contributed by atoms with van der Waals surface area (Å²) in [5.41, 5.74) is 6.81. The molecule has 3 aliphatic heterocycles. The summed E-state index contributed by atoms with van der Waals surface area (Å²) >= 11 is 0. The molecular formula is C18H14N6O. The number of nitrogens with zero attached hydrogens (tertiary/aromatic N) is 5. The van der Waals surface area contributed by atoms with Gasteiger partial charge in [0.25, 0.3) is 0 Å². The van der Waals surface area contributed by atoms with Gasteiger partial charge in [-0.15, -0.1) is 10.2 Å². The number of allylic oxidation sites excluding steroid dienone is 2. The highest BCUT2D eigenvalue weighted by atomic mass is 16.2. The first-order valence-electron chi connectivity index (χ1n) is 7.83. The van der Waals surface area contributed by atoms with Crippen molar-refractivity contribution in [2.75, 3.05) is 0 Å². The normalized spacial score (nSPS) is 27.3. The van der Waals surface area contributed by atoms with Crippen LogP contribution < -0.4 is 5.73 Å². The van der Waals surface area contributed by atoms with Crippen molar-refractivity contribution in [2.45, 2.75) is 5.92 Å². The monoisotopic (exact) mass is 330 g/mol. The van der Waals surface area contributed by atoms with Crippen molar-refractivity contribution < 1.29 is 4.79 Å². The summed E-state index contributed by atoms with van der Waals surface area (Å²) in [5, 5.41) is 17.7. The minimum atomic E-state index is -0.765. The summed E-state index contributed by atoms with van der Waals surface area (Å²) in [4.78, 5) is 19.1. The van der Waals surface area contributed by atoms with E-state index in [0.29, 0.717) is 5.84 Å². The zero-order valence-corrected chi connectivity index (χ0v) is 13.1. The average Bonchev–Trinajstić information content (AvgIpc) is 2.79. The van der Waals surface area contributed by atoms with Crippen LogP contribution in [-0.4, -0.2) is 28.3 Å². The summed E-state index contributed by atoms with van der Waals surface area (Å²) in [5.74, 6) is -1.33. The van der Waals surface area contributed by atoms with Crippen molar-refractivity contribution in [3.05, 3.63) is 60.3 Å². The van der Waals surface area contributed by atoms with Crippen molar-refractivity contribution in [1.29, 1.82) is 5.26 Å². The molecule has 4 rings (SSSR count). The Morgan fingerprint density at radius 1 is 1.16 bits per heavy atom. The Kier molecular flexibility index (Phi) is 3.51. The van der Waals surface area contributed by atoms with Gasteiger partial charge in [-0.3, -0.25) is 9.69 Å². The smallest absolute Gasteiger partial charge is 0.243 e. The number of nitriles is 1. The van der Waals surface area contributed by atoms with E-state index in [9.17, 15) is 10.1 Å². The zero-order chi connectivity index (χ0) is 17.4. The van der Waals surface area contributed by atoms with Gasteiger partial charge < -0.3 is 5.73 Å². The molecule has 3 atom stereocenters. The summed E-state index contributed by atoms with van der Waals surface area (Å²) in [7, 11) is 0. The van der Waals surface area contributed by atoms with Crippen molar-refractivity contribution >= 4 is 23.4 Å². The molecule has 0 radical (unpaired) electrons. The summed E-state index contributed by atoms with van der Waals surface area (Å²) in [6.07, 6.45) is 6.95. The first kappa shape index (κ1) is 15.0. The molecule has 1 aromatic rings. The van der Waals surface area contributed by atoms with Crippen molar-refractivity contribution in [3.8, 4) is 6.07 Å². The van der Waals surface area contributed by atoms with Crippen LogP contribution in [0.4, 0.5) is 0 Å². The third-order valence-electron chi connectivity index (χ3n) is 4.48. The van der Waals surface area contributed by atoms with E-state index >= 15 is 0 Å². The van der Waals surface area contributed by atoms with Crippen LogP contribution in [0, 0.1) is 23.2 Å². The molecule has 7 heteroatoms. The maximum atomic E-state index is 13.2. The molecule has 0 spiro atoms. The molecule has 0 aromatic heterocycles. The Morgan fingerprint density at radius 2 is 1.96 bits per heavy atom. The number of rotatable bonds is 1. The summed E-state index contributed by atoms with van der Waals surface area (Å²) in [6.45, 7) is 0. The van der Waals surface area contributed by atoms with Crippen molar-refractivity contribution in [2.24, 2.45) is 32.8 Å². The lowest BCUT2D eigenvalue weighted by molar-refractivity contribution is -0.128. The molecule has 1 aromatic carbocycles. The minimum absolute atomic E-state index is 0.0929. The van der Waals surface area contributed by atoms with Crippen LogP contribution in [0.1, 0.15) is 11.5 Å². The average molecular weight is 330 g/mol. The number of hydrogen-bond donors (Lipinski definition) is 1. The lowest BCUT2D eigenvalue weighted by Crippen LogP contribution is -2.48. The van der Waals surface area contributed by atoms with Gasteiger partial charge in [0.15, 0.2) is 5.84 Å².